The molecular weight excluding hydrogens is 288 g/mol. The fourth-order valence-corrected chi connectivity index (χ4v) is 2.23. The van der Waals surface area contributed by atoms with Crippen molar-refractivity contribution in [2.45, 2.75) is 43.9 Å². The van der Waals surface area contributed by atoms with E-state index in [4.69, 9.17) is 10.5 Å². The molecule has 1 aromatic carbocycles. The maximum Gasteiger partial charge on any atom is 0.0628 e. The SMILES string of the molecule is CC(CC#N)c1cc(CBr)cc(C(C)CC#N)c1. The molecule has 0 saturated carbocycles. The van der Waals surface area contributed by atoms with Gasteiger partial charge in [-0.25, -0.2) is 0 Å². The van der Waals surface area contributed by atoms with Gasteiger partial charge in [0.15, 0.2) is 0 Å². The Hall–Kier alpha value is -1.32. The molecule has 0 amide bonds. The van der Waals surface area contributed by atoms with Crippen LogP contribution >= 0.6 is 15.9 Å². The highest BCUT2D eigenvalue weighted by Gasteiger charge is 2.11. The largest absolute Gasteiger partial charge is 0.198 e. The van der Waals surface area contributed by atoms with Crippen LogP contribution in [-0.2, 0) is 5.33 Å². The summed E-state index contributed by atoms with van der Waals surface area (Å²) in [6.45, 7) is 4.13. The number of halogens is 1. The van der Waals surface area contributed by atoms with E-state index in [0.29, 0.717) is 12.8 Å². The Balaban J connectivity index is 3.10. The first-order chi connectivity index (χ1) is 8.62. The van der Waals surface area contributed by atoms with Gasteiger partial charge in [0.05, 0.1) is 12.1 Å². The fourth-order valence-electron chi connectivity index (χ4n) is 1.90. The van der Waals surface area contributed by atoms with Gasteiger partial charge >= 0.3 is 0 Å². The summed E-state index contributed by atoms with van der Waals surface area (Å²) < 4.78 is 0. The monoisotopic (exact) mass is 304 g/mol. The Morgan fingerprint density at radius 2 is 1.44 bits per heavy atom. The normalized spacial score (nSPS) is 13.4. The molecule has 0 bridgehead atoms. The third-order valence-electron chi connectivity index (χ3n) is 3.12. The zero-order valence-corrected chi connectivity index (χ0v) is 12.4. The van der Waals surface area contributed by atoms with Gasteiger partial charge < -0.3 is 0 Å². The van der Waals surface area contributed by atoms with Crippen molar-refractivity contribution >= 4 is 15.9 Å². The number of nitrogens with zero attached hydrogens (tertiary/aromatic N) is 2. The summed E-state index contributed by atoms with van der Waals surface area (Å²) in [5, 5.41) is 18.4. The van der Waals surface area contributed by atoms with Gasteiger partial charge in [-0.2, -0.15) is 10.5 Å². The highest BCUT2D eigenvalue weighted by Crippen LogP contribution is 2.27. The Morgan fingerprint density at radius 1 is 1.00 bits per heavy atom. The minimum atomic E-state index is 0.238. The molecule has 0 heterocycles. The Morgan fingerprint density at radius 3 is 1.78 bits per heavy atom. The molecule has 0 radical (unpaired) electrons. The molecule has 1 aromatic rings. The molecule has 0 aliphatic rings. The second-order valence-electron chi connectivity index (χ2n) is 4.67. The van der Waals surface area contributed by atoms with E-state index >= 15 is 0 Å². The second-order valence-corrected chi connectivity index (χ2v) is 5.23. The van der Waals surface area contributed by atoms with Gasteiger partial charge in [-0.3, -0.25) is 0 Å². The van der Waals surface area contributed by atoms with E-state index in [0.717, 1.165) is 5.33 Å². The minimum absolute atomic E-state index is 0.238. The molecule has 2 nitrogen and oxygen atoms in total. The zero-order chi connectivity index (χ0) is 13.5. The molecular formula is C15H17BrN2. The summed E-state index contributed by atoms with van der Waals surface area (Å²) in [5.74, 6) is 0.476. The highest BCUT2D eigenvalue weighted by atomic mass is 79.9. The highest BCUT2D eigenvalue weighted by molar-refractivity contribution is 9.08. The van der Waals surface area contributed by atoms with Crippen LogP contribution in [0.2, 0.25) is 0 Å². The summed E-state index contributed by atoms with van der Waals surface area (Å²) in [6.07, 6.45) is 1.05. The van der Waals surface area contributed by atoms with Crippen molar-refractivity contribution in [3.05, 3.63) is 34.9 Å². The van der Waals surface area contributed by atoms with Crippen molar-refractivity contribution in [1.29, 1.82) is 10.5 Å². The topological polar surface area (TPSA) is 47.6 Å². The summed E-state index contributed by atoms with van der Waals surface area (Å²) in [5.41, 5.74) is 3.58. The lowest BCUT2D eigenvalue weighted by Crippen LogP contribution is -1.99. The van der Waals surface area contributed by atoms with Crippen molar-refractivity contribution in [3.8, 4) is 12.1 Å². The van der Waals surface area contributed by atoms with E-state index in [2.05, 4.69) is 60.1 Å². The van der Waals surface area contributed by atoms with Gasteiger partial charge in [0, 0.05) is 18.2 Å². The van der Waals surface area contributed by atoms with Crippen LogP contribution in [-0.4, -0.2) is 0 Å². The van der Waals surface area contributed by atoms with Gasteiger partial charge in [-0.15, -0.1) is 0 Å². The molecule has 0 aliphatic carbocycles. The Bertz CT molecular complexity index is 442. The van der Waals surface area contributed by atoms with Crippen molar-refractivity contribution in [2.24, 2.45) is 0 Å². The van der Waals surface area contributed by atoms with E-state index in [9.17, 15) is 0 Å². The standard InChI is InChI=1S/C15H17BrN2/c1-11(3-5-17)14-7-13(10-16)8-15(9-14)12(2)4-6-18/h7-9,11-12H,3-4,10H2,1-2H3. The van der Waals surface area contributed by atoms with Crippen LogP contribution in [0.5, 0.6) is 0 Å². The van der Waals surface area contributed by atoms with Crippen LogP contribution in [0.25, 0.3) is 0 Å². The van der Waals surface area contributed by atoms with Crippen molar-refractivity contribution in [3.63, 3.8) is 0 Å². The van der Waals surface area contributed by atoms with E-state index < -0.39 is 0 Å². The lowest BCUT2D eigenvalue weighted by atomic mass is 9.90. The van der Waals surface area contributed by atoms with Gasteiger partial charge in [0.25, 0.3) is 0 Å². The lowest BCUT2D eigenvalue weighted by molar-refractivity contribution is 0.760. The van der Waals surface area contributed by atoms with Crippen LogP contribution in [0.3, 0.4) is 0 Å². The summed E-state index contributed by atoms with van der Waals surface area (Å²) in [7, 11) is 0. The maximum atomic E-state index is 8.78. The Kier molecular flexibility index (Phi) is 5.89. The Labute approximate surface area is 117 Å². The molecule has 0 spiro atoms. The van der Waals surface area contributed by atoms with E-state index in [1.165, 1.54) is 16.7 Å². The van der Waals surface area contributed by atoms with Crippen molar-refractivity contribution in [1.82, 2.24) is 0 Å². The molecule has 3 heteroatoms. The summed E-state index contributed by atoms with van der Waals surface area (Å²) in [4.78, 5) is 0. The number of alkyl halides is 1. The molecule has 1 rings (SSSR count). The van der Waals surface area contributed by atoms with Gasteiger partial charge in [0.1, 0.15) is 0 Å². The summed E-state index contributed by atoms with van der Waals surface area (Å²) in [6, 6.07) is 10.8. The van der Waals surface area contributed by atoms with Crippen LogP contribution in [0.4, 0.5) is 0 Å². The molecule has 2 unspecified atom stereocenters. The third-order valence-corrected chi connectivity index (χ3v) is 3.77. The van der Waals surface area contributed by atoms with E-state index in [1.807, 2.05) is 0 Å². The molecule has 0 saturated heterocycles. The molecule has 94 valence electrons. The maximum absolute atomic E-state index is 8.78. The molecule has 2 atom stereocenters. The average Bonchev–Trinajstić information content (AvgIpc) is 2.38. The first kappa shape index (κ1) is 14.7. The molecule has 0 N–H and O–H groups in total. The van der Waals surface area contributed by atoms with Crippen LogP contribution in [0, 0.1) is 22.7 Å². The molecule has 0 aromatic heterocycles. The van der Waals surface area contributed by atoms with Crippen LogP contribution < -0.4 is 0 Å². The van der Waals surface area contributed by atoms with Gasteiger partial charge in [-0.1, -0.05) is 48.0 Å². The average molecular weight is 305 g/mol. The first-order valence-corrected chi connectivity index (χ1v) is 7.18. The second kappa shape index (κ2) is 7.19. The summed E-state index contributed by atoms with van der Waals surface area (Å²) >= 11 is 3.47. The number of hydrogen-bond donors (Lipinski definition) is 0. The predicted octanol–water partition coefficient (Wildman–Crippen LogP) is 4.62. The predicted molar refractivity (Wildman–Crippen MR) is 76.4 cm³/mol. The van der Waals surface area contributed by atoms with Crippen LogP contribution in [0.15, 0.2) is 18.2 Å². The van der Waals surface area contributed by atoms with Gasteiger partial charge in [0.2, 0.25) is 0 Å². The number of nitriles is 2. The van der Waals surface area contributed by atoms with E-state index in [-0.39, 0.29) is 11.8 Å². The van der Waals surface area contributed by atoms with E-state index in [1.54, 1.807) is 0 Å². The number of rotatable bonds is 5. The number of hydrogen-bond acceptors (Lipinski definition) is 2. The molecule has 0 fully saturated rings. The van der Waals surface area contributed by atoms with Crippen LogP contribution in [0.1, 0.15) is 55.2 Å². The lowest BCUT2D eigenvalue weighted by Gasteiger charge is -2.15. The third kappa shape index (κ3) is 3.86. The molecule has 0 aliphatic heterocycles. The minimum Gasteiger partial charge on any atom is -0.198 e. The zero-order valence-electron chi connectivity index (χ0n) is 10.8. The molecule has 18 heavy (non-hydrogen) atoms. The number of benzene rings is 1. The fraction of sp³-hybridized carbons (Fsp3) is 0.467. The first-order valence-electron chi connectivity index (χ1n) is 6.06. The van der Waals surface area contributed by atoms with Crippen molar-refractivity contribution < 1.29 is 0 Å². The smallest absolute Gasteiger partial charge is 0.0628 e. The quantitative estimate of drug-likeness (QED) is 0.745. The van der Waals surface area contributed by atoms with Crippen molar-refractivity contribution in [2.75, 3.05) is 0 Å². The van der Waals surface area contributed by atoms with Gasteiger partial charge in [-0.05, 0) is 28.5 Å².